The smallest absolute Gasteiger partial charge is 0.277 e. The molecule has 1 unspecified atom stereocenters. The molecule has 1 aliphatic heterocycles. The van der Waals surface area contributed by atoms with Crippen LogP contribution < -0.4 is 10.6 Å². The van der Waals surface area contributed by atoms with Crippen LogP contribution in [0.2, 0.25) is 0 Å². The van der Waals surface area contributed by atoms with Crippen LogP contribution in [0.15, 0.2) is 36.5 Å². The van der Waals surface area contributed by atoms with E-state index in [2.05, 4.69) is 4.98 Å². The van der Waals surface area contributed by atoms with Crippen molar-refractivity contribution in [2.24, 2.45) is 0 Å². The number of hydrogen-bond donors (Lipinski definition) is 1. The fourth-order valence-corrected chi connectivity index (χ4v) is 2.59. The van der Waals surface area contributed by atoms with Gasteiger partial charge in [0.15, 0.2) is 0 Å². The Bertz CT molecular complexity index is 669. The third-order valence-electron chi connectivity index (χ3n) is 3.48. The first-order valence-electron chi connectivity index (χ1n) is 6.40. The monoisotopic (exact) mass is 271 g/mol. The van der Waals surface area contributed by atoms with Crippen molar-refractivity contribution in [3.05, 3.63) is 53.6 Å². The molecule has 0 bridgehead atoms. The number of carbonyl (C=O) groups excluding carboxylic acids is 1. The van der Waals surface area contributed by atoms with Gasteiger partial charge in [0, 0.05) is 17.4 Å². The molecule has 1 aromatic carbocycles. The third-order valence-corrected chi connectivity index (χ3v) is 3.48. The molecule has 1 amide bonds. The number of nitrogen functional groups attached to an aromatic ring is 1. The number of hydrogen-bond acceptors (Lipinski definition) is 3. The van der Waals surface area contributed by atoms with Crippen LogP contribution in [-0.4, -0.2) is 16.9 Å². The molecule has 0 aliphatic carbocycles. The summed E-state index contributed by atoms with van der Waals surface area (Å²) in [6.45, 7) is 1.97. The number of fused-ring (bicyclic) bond motifs is 1. The van der Waals surface area contributed by atoms with Crippen molar-refractivity contribution in [3.8, 4) is 0 Å². The number of anilines is 2. The molecule has 3 rings (SSSR count). The molecule has 102 valence electrons. The molecule has 4 nitrogen and oxygen atoms in total. The molecule has 1 aliphatic rings. The third kappa shape index (κ3) is 2.01. The van der Waals surface area contributed by atoms with Crippen LogP contribution in [0.25, 0.3) is 0 Å². The molecule has 0 saturated heterocycles. The Labute approximate surface area is 116 Å². The van der Waals surface area contributed by atoms with Gasteiger partial charge in [-0.2, -0.15) is 0 Å². The number of nitrogens with zero attached hydrogens (tertiary/aromatic N) is 2. The predicted molar refractivity (Wildman–Crippen MR) is 75.0 cm³/mol. The van der Waals surface area contributed by atoms with E-state index in [1.54, 1.807) is 11.0 Å². The van der Waals surface area contributed by atoms with Crippen molar-refractivity contribution >= 4 is 17.3 Å². The summed E-state index contributed by atoms with van der Waals surface area (Å²) in [5.74, 6) is -0.676. The molecule has 0 radical (unpaired) electrons. The first kappa shape index (κ1) is 12.6. The summed E-state index contributed by atoms with van der Waals surface area (Å²) in [5.41, 5.74) is 8.59. The summed E-state index contributed by atoms with van der Waals surface area (Å²) < 4.78 is 12.9. The zero-order valence-electron chi connectivity index (χ0n) is 11.0. The van der Waals surface area contributed by atoms with Gasteiger partial charge < -0.3 is 10.6 Å². The van der Waals surface area contributed by atoms with Crippen LogP contribution in [0.4, 0.5) is 15.8 Å². The first-order valence-corrected chi connectivity index (χ1v) is 6.40. The predicted octanol–water partition coefficient (Wildman–Crippen LogP) is 2.39. The minimum atomic E-state index is -0.454. The summed E-state index contributed by atoms with van der Waals surface area (Å²) in [6.07, 6.45) is 1.81. The molecule has 1 aromatic heterocycles. The van der Waals surface area contributed by atoms with E-state index in [0.717, 1.165) is 23.9 Å². The van der Waals surface area contributed by atoms with Crippen molar-refractivity contribution in [2.45, 2.75) is 19.4 Å². The largest absolute Gasteiger partial charge is 0.399 e. The summed E-state index contributed by atoms with van der Waals surface area (Å²) in [6, 6.07) is 8.18. The highest BCUT2D eigenvalue weighted by atomic mass is 19.1. The van der Waals surface area contributed by atoms with Gasteiger partial charge in [-0.1, -0.05) is 0 Å². The highest BCUT2D eigenvalue weighted by Crippen LogP contribution is 2.34. The molecule has 2 heterocycles. The SMILES string of the molecule is CC1Cc2cc(N)ccc2N1C(=O)c1ccc(F)cn1. The van der Waals surface area contributed by atoms with Crippen molar-refractivity contribution < 1.29 is 9.18 Å². The maximum atomic E-state index is 12.9. The first-order chi connectivity index (χ1) is 9.56. The van der Waals surface area contributed by atoms with Crippen LogP contribution in [0.5, 0.6) is 0 Å². The van der Waals surface area contributed by atoms with E-state index < -0.39 is 5.82 Å². The lowest BCUT2D eigenvalue weighted by Gasteiger charge is -2.22. The zero-order valence-corrected chi connectivity index (χ0v) is 11.0. The van der Waals surface area contributed by atoms with E-state index in [0.29, 0.717) is 5.69 Å². The van der Waals surface area contributed by atoms with Crippen molar-refractivity contribution in [1.29, 1.82) is 0 Å². The van der Waals surface area contributed by atoms with Gasteiger partial charge in [-0.3, -0.25) is 4.79 Å². The Morgan fingerprint density at radius 1 is 1.40 bits per heavy atom. The number of carbonyl (C=O) groups is 1. The Morgan fingerprint density at radius 2 is 2.20 bits per heavy atom. The fourth-order valence-electron chi connectivity index (χ4n) is 2.59. The topological polar surface area (TPSA) is 59.2 Å². The van der Waals surface area contributed by atoms with Crippen LogP contribution in [-0.2, 0) is 6.42 Å². The van der Waals surface area contributed by atoms with Crippen LogP contribution >= 0.6 is 0 Å². The number of halogens is 1. The molecule has 2 N–H and O–H groups in total. The summed E-state index contributed by atoms with van der Waals surface area (Å²) in [4.78, 5) is 18.1. The number of aromatic nitrogens is 1. The van der Waals surface area contributed by atoms with Crippen molar-refractivity contribution in [3.63, 3.8) is 0 Å². The lowest BCUT2D eigenvalue weighted by Crippen LogP contribution is -2.36. The summed E-state index contributed by atoms with van der Waals surface area (Å²) >= 11 is 0. The molecule has 0 saturated carbocycles. The van der Waals surface area contributed by atoms with Gasteiger partial charge >= 0.3 is 0 Å². The minimum Gasteiger partial charge on any atom is -0.399 e. The highest BCUT2D eigenvalue weighted by molar-refractivity contribution is 6.06. The van der Waals surface area contributed by atoms with Crippen molar-refractivity contribution in [2.75, 3.05) is 10.6 Å². The van der Waals surface area contributed by atoms with Gasteiger partial charge in [0.05, 0.1) is 6.20 Å². The fraction of sp³-hybridized carbons (Fsp3) is 0.200. The van der Waals surface area contributed by atoms with Gasteiger partial charge in [-0.05, 0) is 49.2 Å². The van der Waals surface area contributed by atoms with Gasteiger partial charge in [0.2, 0.25) is 0 Å². The second-order valence-electron chi connectivity index (χ2n) is 4.98. The molecule has 1 atom stereocenters. The highest BCUT2D eigenvalue weighted by Gasteiger charge is 2.32. The Kier molecular flexibility index (Phi) is 2.89. The number of rotatable bonds is 1. The second kappa shape index (κ2) is 4.59. The Morgan fingerprint density at radius 3 is 2.90 bits per heavy atom. The lowest BCUT2D eigenvalue weighted by molar-refractivity contribution is 0.0976. The molecule has 0 spiro atoms. The van der Waals surface area contributed by atoms with E-state index in [9.17, 15) is 9.18 Å². The summed E-state index contributed by atoms with van der Waals surface area (Å²) in [7, 11) is 0. The molecule has 0 fully saturated rings. The Hall–Kier alpha value is -2.43. The van der Waals surface area contributed by atoms with Crippen LogP contribution in [0, 0.1) is 5.82 Å². The van der Waals surface area contributed by atoms with Gasteiger partial charge in [-0.15, -0.1) is 0 Å². The number of benzene rings is 1. The van der Waals surface area contributed by atoms with Crippen LogP contribution in [0.1, 0.15) is 23.0 Å². The minimum absolute atomic E-state index is 0.0335. The van der Waals surface area contributed by atoms with E-state index in [1.165, 1.54) is 12.1 Å². The Balaban J connectivity index is 1.98. The lowest BCUT2D eigenvalue weighted by atomic mass is 10.1. The molecular weight excluding hydrogens is 257 g/mol. The van der Waals surface area contributed by atoms with E-state index >= 15 is 0 Å². The molecule has 20 heavy (non-hydrogen) atoms. The average Bonchev–Trinajstić information content (AvgIpc) is 2.73. The molecule has 2 aromatic rings. The second-order valence-corrected chi connectivity index (χ2v) is 4.98. The maximum Gasteiger partial charge on any atom is 0.277 e. The van der Waals surface area contributed by atoms with Gasteiger partial charge in [0.1, 0.15) is 11.5 Å². The zero-order chi connectivity index (χ0) is 14.3. The maximum absolute atomic E-state index is 12.9. The number of amides is 1. The van der Waals surface area contributed by atoms with Gasteiger partial charge in [-0.25, -0.2) is 9.37 Å². The molecule has 5 heteroatoms. The molecular formula is C15H14FN3O. The average molecular weight is 271 g/mol. The standard InChI is InChI=1S/C15H14FN3O/c1-9-6-10-7-12(17)3-5-14(10)19(9)15(20)13-4-2-11(16)8-18-13/h2-5,7-9H,6,17H2,1H3. The normalized spacial score (nSPS) is 17.1. The van der Waals surface area contributed by atoms with E-state index in [1.807, 2.05) is 19.1 Å². The quantitative estimate of drug-likeness (QED) is 0.810. The number of nitrogens with two attached hydrogens (primary N) is 1. The van der Waals surface area contributed by atoms with E-state index in [-0.39, 0.29) is 17.6 Å². The summed E-state index contributed by atoms with van der Waals surface area (Å²) in [5, 5.41) is 0. The number of pyridine rings is 1. The van der Waals surface area contributed by atoms with E-state index in [4.69, 9.17) is 5.73 Å². The van der Waals surface area contributed by atoms with Crippen molar-refractivity contribution in [1.82, 2.24) is 4.98 Å². The van der Waals surface area contributed by atoms with Gasteiger partial charge in [0.25, 0.3) is 5.91 Å². The van der Waals surface area contributed by atoms with Crippen LogP contribution in [0.3, 0.4) is 0 Å².